The van der Waals surface area contributed by atoms with E-state index in [-0.39, 0.29) is 16.4 Å². The Morgan fingerprint density at radius 2 is 1.67 bits per heavy atom. The molecular weight excluding hydrogens is 301 g/mol. The van der Waals surface area contributed by atoms with E-state index in [1.54, 1.807) is 0 Å². The average molecular weight is 310 g/mol. The number of hydrogen-bond donors (Lipinski definition) is 2. The van der Waals surface area contributed by atoms with Crippen LogP contribution in [-0.2, 0) is 0 Å². The van der Waals surface area contributed by atoms with Gasteiger partial charge in [-0.25, -0.2) is 9.18 Å². The average Bonchev–Trinajstić information content (AvgIpc) is 2.43. The van der Waals surface area contributed by atoms with Crippen LogP contribution in [0.1, 0.15) is 0 Å². The van der Waals surface area contributed by atoms with Gasteiger partial charge in [0.1, 0.15) is 10.8 Å². The quantitative estimate of drug-likeness (QED) is 0.663. The Hall–Kier alpha value is -2.67. The first-order valence-electron chi connectivity index (χ1n) is 5.73. The van der Waals surface area contributed by atoms with Crippen molar-refractivity contribution in [3.8, 4) is 0 Å². The standard InChI is InChI=1S/C13H9ClFN3O3/c14-11-6-5-10(7-12(11)18(20)21)17-13(19)16-9-3-1-8(15)2-4-9/h1-7H,(H2,16,17,19). The second-order valence-electron chi connectivity index (χ2n) is 4.01. The van der Waals surface area contributed by atoms with Crippen molar-refractivity contribution in [2.75, 3.05) is 10.6 Å². The number of carbonyl (C=O) groups is 1. The molecule has 2 amide bonds. The fourth-order valence-electron chi connectivity index (χ4n) is 1.56. The van der Waals surface area contributed by atoms with Crippen LogP contribution in [0.3, 0.4) is 0 Å². The minimum Gasteiger partial charge on any atom is -0.308 e. The molecule has 2 rings (SSSR count). The summed E-state index contributed by atoms with van der Waals surface area (Å²) in [6.07, 6.45) is 0. The van der Waals surface area contributed by atoms with Crippen LogP contribution in [0.2, 0.25) is 5.02 Å². The number of carbonyl (C=O) groups excluding carboxylic acids is 1. The Labute approximate surface area is 123 Å². The molecule has 8 heteroatoms. The van der Waals surface area contributed by atoms with Crippen LogP contribution in [0.4, 0.5) is 26.2 Å². The van der Waals surface area contributed by atoms with E-state index >= 15 is 0 Å². The number of benzene rings is 2. The third kappa shape index (κ3) is 3.90. The number of amides is 2. The molecule has 0 aliphatic heterocycles. The zero-order valence-electron chi connectivity index (χ0n) is 10.5. The number of urea groups is 1. The van der Waals surface area contributed by atoms with E-state index < -0.39 is 16.8 Å². The largest absolute Gasteiger partial charge is 0.323 e. The summed E-state index contributed by atoms with van der Waals surface area (Å²) in [4.78, 5) is 21.8. The first-order valence-corrected chi connectivity index (χ1v) is 6.11. The van der Waals surface area contributed by atoms with Gasteiger partial charge in [-0.15, -0.1) is 0 Å². The Balaban J connectivity index is 2.07. The molecule has 2 aromatic carbocycles. The van der Waals surface area contributed by atoms with E-state index in [1.165, 1.54) is 36.4 Å². The number of nitrogens with zero attached hydrogens (tertiary/aromatic N) is 1. The smallest absolute Gasteiger partial charge is 0.308 e. The van der Waals surface area contributed by atoms with Gasteiger partial charge in [0, 0.05) is 17.4 Å². The summed E-state index contributed by atoms with van der Waals surface area (Å²) >= 11 is 5.67. The Morgan fingerprint density at radius 3 is 2.29 bits per heavy atom. The van der Waals surface area contributed by atoms with E-state index in [4.69, 9.17) is 11.6 Å². The molecule has 0 atom stereocenters. The molecule has 0 bridgehead atoms. The third-order valence-corrected chi connectivity index (χ3v) is 2.82. The maximum absolute atomic E-state index is 12.7. The van der Waals surface area contributed by atoms with Crippen molar-refractivity contribution in [3.63, 3.8) is 0 Å². The van der Waals surface area contributed by atoms with Gasteiger partial charge in [0.2, 0.25) is 0 Å². The lowest BCUT2D eigenvalue weighted by atomic mass is 10.3. The van der Waals surface area contributed by atoms with Gasteiger partial charge >= 0.3 is 6.03 Å². The van der Waals surface area contributed by atoms with Gasteiger partial charge in [-0.2, -0.15) is 0 Å². The van der Waals surface area contributed by atoms with Crippen LogP contribution in [0.5, 0.6) is 0 Å². The van der Waals surface area contributed by atoms with Gasteiger partial charge < -0.3 is 10.6 Å². The van der Waals surface area contributed by atoms with E-state index in [0.717, 1.165) is 6.07 Å². The Bertz CT molecular complexity index is 692. The zero-order chi connectivity index (χ0) is 15.4. The molecule has 0 fully saturated rings. The number of nitrogens with one attached hydrogen (secondary N) is 2. The maximum Gasteiger partial charge on any atom is 0.323 e. The minimum absolute atomic E-state index is 0.0236. The molecule has 0 aliphatic rings. The highest BCUT2D eigenvalue weighted by Crippen LogP contribution is 2.27. The summed E-state index contributed by atoms with van der Waals surface area (Å²) in [5, 5.41) is 15.6. The molecule has 0 saturated heterocycles. The molecular formula is C13H9ClFN3O3. The fraction of sp³-hybridized carbons (Fsp3) is 0. The van der Waals surface area contributed by atoms with Gasteiger partial charge in [0.25, 0.3) is 5.69 Å². The van der Waals surface area contributed by atoms with Crippen molar-refractivity contribution in [1.29, 1.82) is 0 Å². The van der Waals surface area contributed by atoms with Gasteiger partial charge in [-0.3, -0.25) is 10.1 Å². The van der Waals surface area contributed by atoms with Crippen molar-refractivity contribution < 1.29 is 14.1 Å². The number of hydrogen-bond acceptors (Lipinski definition) is 3. The molecule has 0 spiro atoms. The van der Waals surface area contributed by atoms with E-state index in [1.807, 2.05) is 0 Å². The molecule has 0 aliphatic carbocycles. The van der Waals surface area contributed by atoms with Gasteiger partial charge in [0.15, 0.2) is 0 Å². The normalized spacial score (nSPS) is 10.0. The molecule has 0 radical (unpaired) electrons. The van der Waals surface area contributed by atoms with Crippen LogP contribution >= 0.6 is 11.6 Å². The number of nitro benzene ring substituents is 1. The van der Waals surface area contributed by atoms with Crippen LogP contribution in [-0.4, -0.2) is 11.0 Å². The molecule has 0 saturated carbocycles. The summed E-state index contributed by atoms with van der Waals surface area (Å²) in [6.45, 7) is 0. The summed E-state index contributed by atoms with van der Waals surface area (Å²) < 4.78 is 12.7. The number of halogens is 2. The number of anilines is 2. The van der Waals surface area contributed by atoms with Crippen molar-refractivity contribution in [3.05, 3.63) is 63.4 Å². The van der Waals surface area contributed by atoms with E-state index in [2.05, 4.69) is 10.6 Å². The predicted molar refractivity (Wildman–Crippen MR) is 77.1 cm³/mol. The van der Waals surface area contributed by atoms with Gasteiger partial charge in [-0.05, 0) is 36.4 Å². The summed E-state index contributed by atoms with van der Waals surface area (Å²) in [7, 11) is 0. The van der Waals surface area contributed by atoms with Gasteiger partial charge in [-0.1, -0.05) is 11.6 Å². The summed E-state index contributed by atoms with van der Waals surface area (Å²) in [5.41, 5.74) is 0.291. The van der Waals surface area contributed by atoms with E-state index in [9.17, 15) is 19.3 Å². The fourth-order valence-corrected chi connectivity index (χ4v) is 1.74. The molecule has 0 heterocycles. The number of nitro groups is 1. The molecule has 0 aromatic heterocycles. The predicted octanol–water partition coefficient (Wildman–Crippen LogP) is 4.03. The minimum atomic E-state index is -0.647. The van der Waals surface area contributed by atoms with Crippen LogP contribution < -0.4 is 10.6 Å². The Kier molecular flexibility index (Phi) is 4.34. The van der Waals surface area contributed by atoms with Crippen molar-refractivity contribution in [2.45, 2.75) is 0 Å². The number of rotatable bonds is 3. The third-order valence-electron chi connectivity index (χ3n) is 2.50. The van der Waals surface area contributed by atoms with Crippen LogP contribution in [0.25, 0.3) is 0 Å². The lowest BCUT2D eigenvalue weighted by molar-refractivity contribution is -0.384. The summed E-state index contributed by atoms with van der Waals surface area (Å²) in [5.74, 6) is -0.422. The molecule has 2 N–H and O–H groups in total. The molecule has 6 nitrogen and oxygen atoms in total. The van der Waals surface area contributed by atoms with Crippen LogP contribution in [0.15, 0.2) is 42.5 Å². The van der Waals surface area contributed by atoms with Crippen LogP contribution in [0, 0.1) is 15.9 Å². The highest BCUT2D eigenvalue weighted by Gasteiger charge is 2.13. The Morgan fingerprint density at radius 1 is 1.10 bits per heavy atom. The second kappa shape index (κ2) is 6.19. The lowest BCUT2D eigenvalue weighted by Crippen LogP contribution is -2.19. The molecule has 21 heavy (non-hydrogen) atoms. The SMILES string of the molecule is O=C(Nc1ccc(F)cc1)Nc1ccc(Cl)c([N+](=O)[O-])c1. The van der Waals surface area contributed by atoms with Crippen molar-refractivity contribution in [1.82, 2.24) is 0 Å². The molecule has 0 unspecified atom stereocenters. The highest BCUT2D eigenvalue weighted by molar-refractivity contribution is 6.32. The summed E-state index contributed by atoms with van der Waals surface area (Å²) in [6, 6.07) is 8.45. The monoisotopic (exact) mass is 309 g/mol. The van der Waals surface area contributed by atoms with E-state index in [0.29, 0.717) is 5.69 Å². The second-order valence-corrected chi connectivity index (χ2v) is 4.42. The molecule has 108 valence electrons. The van der Waals surface area contributed by atoms with Crippen molar-refractivity contribution >= 4 is 34.7 Å². The van der Waals surface area contributed by atoms with Crippen molar-refractivity contribution in [2.24, 2.45) is 0 Å². The maximum atomic E-state index is 12.7. The lowest BCUT2D eigenvalue weighted by Gasteiger charge is -2.07. The zero-order valence-corrected chi connectivity index (χ0v) is 11.2. The first-order chi connectivity index (χ1) is 9.95. The van der Waals surface area contributed by atoms with Gasteiger partial charge in [0.05, 0.1) is 4.92 Å². The topological polar surface area (TPSA) is 84.3 Å². The molecule has 2 aromatic rings. The first kappa shape index (κ1) is 14.7. The highest BCUT2D eigenvalue weighted by atomic mass is 35.5.